The van der Waals surface area contributed by atoms with Gasteiger partial charge in [-0.15, -0.1) is 9.24 Å². The van der Waals surface area contributed by atoms with Crippen molar-refractivity contribution in [2.75, 3.05) is 6.16 Å². The molecule has 0 amide bonds. The van der Waals surface area contributed by atoms with Crippen LogP contribution in [0.5, 0.6) is 0 Å². The molecule has 0 N–H and O–H groups in total. The Morgan fingerprint density at radius 2 is 1.30 bits per heavy atom. The van der Waals surface area contributed by atoms with Crippen molar-refractivity contribution in [3.63, 3.8) is 0 Å². The van der Waals surface area contributed by atoms with E-state index in [1.54, 1.807) is 21.7 Å². The molecule has 0 aromatic heterocycles. The predicted molar refractivity (Wildman–Crippen MR) is 191 cm³/mol. The third-order valence-corrected chi connectivity index (χ3v) is 15.1. The zero-order valence-corrected chi connectivity index (χ0v) is 28.6. The Labute approximate surface area is 264 Å². The first kappa shape index (κ1) is 29.5. The molecule has 4 saturated carbocycles. The first-order valence-corrected chi connectivity index (χ1v) is 18.9. The number of aryl methyl sites for hydroxylation is 2. The Balaban J connectivity index is 1.42. The van der Waals surface area contributed by atoms with Crippen LogP contribution in [0, 0.1) is 37.5 Å². The fourth-order valence-electron chi connectivity index (χ4n) is 9.81. The third-order valence-electron chi connectivity index (χ3n) is 11.8. The molecule has 4 aromatic rings. The second-order valence-electron chi connectivity index (χ2n) is 14.6. The van der Waals surface area contributed by atoms with E-state index < -0.39 is 7.92 Å². The van der Waals surface area contributed by atoms with Gasteiger partial charge in [-0.05, 0) is 133 Å². The molecule has 4 bridgehead atoms. The molecule has 222 valence electrons. The quantitative estimate of drug-likeness (QED) is 0.176. The van der Waals surface area contributed by atoms with Crippen molar-refractivity contribution < 1.29 is 0 Å². The number of hydrogen-bond acceptors (Lipinski definition) is 0. The first-order valence-electron chi connectivity index (χ1n) is 16.6. The third kappa shape index (κ3) is 5.16. The lowest BCUT2D eigenvalue weighted by molar-refractivity contribution is -0.0520. The minimum atomic E-state index is -0.553. The van der Waals surface area contributed by atoms with Crippen molar-refractivity contribution in [3.05, 3.63) is 130 Å². The molecular formula is C41H48P2. The summed E-state index contributed by atoms with van der Waals surface area (Å²) >= 11 is 0. The molecule has 2 heteroatoms. The Morgan fingerprint density at radius 3 is 1.88 bits per heavy atom. The average molecular weight is 603 g/mol. The topological polar surface area (TPSA) is 0 Å². The van der Waals surface area contributed by atoms with Crippen LogP contribution < -0.4 is 10.6 Å². The second-order valence-corrected chi connectivity index (χ2v) is 17.2. The van der Waals surface area contributed by atoms with Crippen LogP contribution in [0.4, 0.5) is 0 Å². The van der Waals surface area contributed by atoms with Crippen LogP contribution in [0.15, 0.2) is 97.1 Å². The molecular weight excluding hydrogens is 554 g/mol. The Kier molecular flexibility index (Phi) is 7.94. The Bertz CT molecular complexity index is 1540. The van der Waals surface area contributed by atoms with Gasteiger partial charge in [-0.2, -0.15) is 0 Å². The molecule has 0 saturated heterocycles. The highest BCUT2D eigenvalue weighted by atomic mass is 31.1. The summed E-state index contributed by atoms with van der Waals surface area (Å²) in [6.07, 6.45) is 9.60. The molecule has 4 aliphatic rings. The molecule has 4 aliphatic carbocycles. The van der Waals surface area contributed by atoms with Crippen LogP contribution >= 0.6 is 17.2 Å². The van der Waals surface area contributed by atoms with Gasteiger partial charge >= 0.3 is 0 Å². The van der Waals surface area contributed by atoms with Crippen LogP contribution in [0.1, 0.15) is 79.3 Å². The van der Waals surface area contributed by atoms with Crippen molar-refractivity contribution in [2.24, 2.45) is 23.7 Å². The van der Waals surface area contributed by atoms with E-state index in [0.717, 1.165) is 29.8 Å². The number of rotatable bonds is 8. The highest BCUT2D eigenvalue weighted by Crippen LogP contribution is 2.64. The van der Waals surface area contributed by atoms with E-state index in [0.29, 0.717) is 5.41 Å². The van der Waals surface area contributed by atoms with Gasteiger partial charge in [-0.3, -0.25) is 0 Å². The molecule has 4 atom stereocenters. The van der Waals surface area contributed by atoms with Gasteiger partial charge in [-0.25, -0.2) is 0 Å². The van der Waals surface area contributed by atoms with Crippen LogP contribution in [0.2, 0.25) is 0 Å². The fraction of sp³-hybridized carbons (Fsp3) is 0.415. The van der Waals surface area contributed by atoms with E-state index >= 15 is 0 Å². The largest absolute Gasteiger partial charge is 0.137 e. The number of hydrogen-bond donors (Lipinski definition) is 0. The lowest BCUT2D eigenvalue weighted by Gasteiger charge is -2.62. The van der Waals surface area contributed by atoms with Crippen molar-refractivity contribution >= 4 is 27.8 Å². The lowest BCUT2D eigenvalue weighted by atomic mass is 9.43. The van der Waals surface area contributed by atoms with Gasteiger partial charge in [0.05, 0.1) is 0 Å². The molecule has 0 aliphatic heterocycles. The molecule has 0 nitrogen and oxygen atoms in total. The maximum atomic E-state index is 3.20. The van der Waals surface area contributed by atoms with Crippen LogP contribution in [0.3, 0.4) is 0 Å². The van der Waals surface area contributed by atoms with E-state index in [1.807, 2.05) is 0 Å². The summed E-state index contributed by atoms with van der Waals surface area (Å²) in [4.78, 5) is 0. The van der Waals surface area contributed by atoms with Gasteiger partial charge in [0.25, 0.3) is 0 Å². The standard InChI is InChI=1S/C41H48P2/c1-28-12-8-10-16-38(28)43(39-17-11-9-13-29(39)2)27-33-23-35(40(3,4)34-14-6-5-7-15-34)18-19-36(33)41-24-30-20-31(25-41)22-32(21-30)37(41)26-42/h5-19,23,30-32,37H,20-22,24-27,42H2,1-4H3. The van der Waals surface area contributed by atoms with Gasteiger partial charge in [0, 0.05) is 11.6 Å². The average Bonchev–Trinajstić information content (AvgIpc) is 3.01. The van der Waals surface area contributed by atoms with Gasteiger partial charge in [0.15, 0.2) is 0 Å². The van der Waals surface area contributed by atoms with Crippen LogP contribution in [-0.4, -0.2) is 6.16 Å². The van der Waals surface area contributed by atoms with Crippen LogP contribution in [-0.2, 0) is 17.0 Å². The maximum absolute atomic E-state index is 3.20. The van der Waals surface area contributed by atoms with E-state index in [1.165, 1.54) is 60.5 Å². The zero-order valence-electron chi connectivity index (χ0n) is 26.5. The summed E-state index contributed by atoms with van der Waals surface area (Å²) in [5, 5.41) is 3.08. The van der Waals surface area contributed by atoms with E-state index in [4.69, 9.17) is 0 Å². The van der Waals surface area contributed by atoms with Crippen molar-refractivity contribution in [3.8, 4) is 0 Å². The molecule has 4 unspecified atom stereocenters. The predicted octanol–water partition coefficient (Wildman–Crippen LogP) is 9.83. The smallest absolute Gasteiger partial charge is 0.0146 e. The number of benzene rings is 4. The van der Waals surface area contributed by atoms with E-state index in [2.05, 4.69) is 134 Å². The molecule has 43 heavy (non-hydrogen) atoms. The van der Waals surface area contributed by atoms with Gasteiger partial charge in [0.1, 0.15) is 0 Å². The molecule has 0 heterocycles. The SMILES string of the molecule is Cc1ccccc1P(Cc1cc(C(C)(C)c2ccccc2)ccc1C12CC3CC(CC(C3)C1CP)C2)c1ccccc1C. The van der Waals surface area contributed by atoms with Gasteiger partial charge in [-0.1, -0.05) is 111 Å². The van der Waals surface area contributed by atoms with Crippen molar-refractivity contribution in [1.29, 1.82) is 0 Å². The minimum absolute atomic E-state index is 0.0515. The van der Waals surface area contributed by atoms with E-state index in [-0.39, 0.29) is 5.41 Å². The molecule has 0 spiro atoms. The van der Waals surface area contributed by atoms with E-state index in [9.17, 15) is 0 Å². The molecule has 4 fully saturated rings. The zero-order chi connectivity index (χ0) is 29.8. The summed E-state index contributed by atoms with van der Waals surface area (Å²) in [6.45, 7) is 9.48. The molecule has 0 radical (unpaired) electrons. The summed E-state index contributed by atoms with van der Waals surface area (Å²) in [6, 6.07) is 37.4. The van der Waals surface area contributed by atoms with Crippen LogP contribution in [0.25, 0.3) is 0 Å². The Morgan fingerprint density at radius 1 is 0.721 bits per heavy atom. The van der Waals surface area contributed by atoms with Crippen molar-refractivity contribution in [2.45, 2.75) is 76.8 Å². The maximum Gasteiger partial charge on any atom is 0.0146 e. The highest BCUT2D eigenvalue weighted by molar-refractivity contribution is 7.72. The first-order chi connectivity index (χ1) is 20.8. The summed E-state index contributed by atoms with van der Waals surface area (Å²) in [5.41, 5.74) is 9.32. The normalized spacial score (nSPS) is 26.3. The monoisotopic (exact) mass is 602 g/mol. The minimum Gasteiger partial charge on any atom is -0.137 e. The highest BCUT2D eigenvalue weighted by Gasteiger charge is 2.57. The van der Waals surface area contributed by atoms with Gasteiger partial charge < -0.3 is 0 Å². The second kappa shape index (κ2) is 11.6. The fourth-order valence-corrected chi connectivity index (χ4v) is 13.4. The van der Waals surface area contributed by atoms with Gasteiger partial charge in [0.2, 0.25) is 0 Å². The summed E-state index contributed by atoms with van der Waals surface area (Å²) in [7, 11) is 2.65. The molecule has 8 rings (SSSR count). The summed E-state index contributed by atoms with van der Waals surface area (Å²) in [5.74, 6) is 3.55. The lowest BCUT2D eigenvalue weighted by Crippen LogP contribution is -2.56. The van der Waals surface area contributed by atoms with Crippen molar-refractivity contribution in [1.82, 2.24) is 0 Å². The summed E-state index contributed by atoms with van der Waals surface area (Å²) < 4.78 is 0. The molecule has 4 aromatic carbocycles. The Hall–Kier alpha value is -2.26.